The molecule has 2 aromatic rings. The van der Waals surface area contributed by atoms with Crippen molar-refractivity contribution in [3.8, 4) is 0 Å². The highest BCUT2D eigenvalue weighted by atomic mass is 16.2. The fourth-order valence-corrected chi connectivity index (χ4v) is 8.62. The Labute approximate surface area is 232 Å². The van der Waals surface area contributed by atoms with Gasteiger partial charge < -0.3 is 15.5 Å². The monoisotopic (exact) mass is 531 g/mol. The number of nitrogens with zero attached hydrogens (tertiary/aromatic N) is 2. The molecule has 200 valence electrons. The second-order valence-corrected chi connectivity index (χ2v) is 12.2. The summed E-state index contributed by atoms with van der Waals surface area (Å²) in [4.78, 5) is 56.2. The molecule has 2 saturated carbocycles. The van der Waals surface area contributed by atoms with Crippen molar-refractivity contribution in [3.63, 3.8) is 0 Å². The van der Waals surface area contributed by atoms with E-state index in [9.17, 15) is 19.2 Å². The summed E-state index contributed by atoms with van der Waals surface area (Å²) >= 11 is 0. The molecule has 2 amide bonds. The fourth-order valence-electron chi connectivity index (χ4n) is 8.62. The van der Waals surface area contributed by atoms with Crippen LogP contribution in [-0.4, -0.2) is 52.3 Å². The predicted molar refractivity (Wildman–Crippen MR) is 147 cm³/mol. The van der Waals surface area contributed by atoms with E-state index in [1.165, 1.54) is 0 Å². The Morgan fingerprint density at radius 3 is 2.12 bits per heavy atom. The number of hydrogen-bond donors (Lipinski definition) is 1. The van der Waals surface area contributed by atoms with E-state index in [1.54, 1.807) is 22.0 Å². The number of amides is 2. The van der Waals surface area contributed by atoms with Gasteiger partial charge in [0.2, 0.25) is 11.8 Å². The summed E-state index contributed by atoms with van der Waals surface area (Å²) in [6.45, 7) is 7.47. The van der Waals surface area contributed by atoms with Crippen LogP contribution in [0.3, 0.4) is 0 Å². The number of piperidine rings is 2. The molecular weight excluding hydrogens is 502 g/mol. The first-order valence-corrected chi connectivity index (χ1v) is 14.0. The molecule has 2 heterocycles. The first-order chi connectivity index (χ1) is 19.2. The van der Waals surface area contributed by atoms with E-state index in [0.29, 0.717) is 30.3 Å². The third-order valence-corrected chi connectivity index (χ3v) is 10.6. The molecule has 8 rings (SSSR count). The number of carbonyl (C=O) groups is 4. The minimum absolute atomic E-state index is 0.00598. The molecule has 4 fully saturated rings. The Morgan fingerprint density at radius 1 is 0.900 bits per heavy atom. The highest BCUT2D eigenvalue weighted by Gasteiger charge is 2.73. The van der Waals surface area contributed by atoms with Gasteiger partial charge >= 0.3 is 0 Å². The first kappa shape index (κ1) is 23.8. The summed E-state index contributed by atoms with van der Waals surface area (Å²) in [5.41, 5.74) is 11.5. The first-order valence-electron chi connectivity index (χ1n) is 14.0. The molecule has 2 saturated heterocycles. The maximum Gasteiger partial charge on any atom is 0.228 e. The highest BCUT2D eigenvalue weighted by Crippen LogP contribution is 2.71. The molecule has 7 heteroatoms. The summed E-state index contributed by atoms with van der Waals surface area (Å²) in [5.74, 6) is 0.181. The Morgan fingerprint density at radius 2 is 1.45 bits per heavy atom. The number of benzene rings is 2. The van der Waals surface area contributed by atoms with Gasteiger partial charge in [-0.05, 0) is 23.0 Å². The van der Waals surface area contributed by atoms with Gasteiger partial charge in [-0.2, -0.15) is 0 Å². The molecule has 2 aliphatic heterocycles. The van der Waals surface area contributed by atoms with Crippen LogP contribution >= 0.6 is 0 Å². The van der Waals surface area contributed by atoms with E-state index < -0.39 is 11.5 Å². The molecule has 2 aromatic carbocycles. The number of rotatable bonds is 4. The lowest BCUT2D eigenvalue weighted by Crippen LogP contribution is -2.41. The number of allylic oxidation sites excluding steroid dienone is 4. The standard InChI is InChI=1S/C33H29N3O4/c1-17-24-15-35(28-13-26(37)20-7-3-5-9-22(20)32(17,24)28)30(39)11-19(34)12-31(40)36-16-25-18(2)33(25)23-10-6-4-8-21(23)27(38)14-29(33)36/h3-10,13-14,18-19,24-25H,1,11-12,15-16,34H2,2H3. The van der Waals surface area contributed by atoms with Crippen LogP contribution < -0.4 is 5.73 Å². The molecule has 2 spiro atoms. The Hall–Kier alpha value is -4.10. The van der Waals surface area contributed by atoms with Crippen LogP contribution in [0.1, 0.15) is 51.6 Å². The molecular formula is C33H29N3O4. The lowest BCUT2D eigenvalue weighted by Gasteiger charge is -2.32. The number of carbonyl (C=O) groups excluding carboxylic acids is 4. The van der Waals surface area contributed by atoms with E-state index >= 15 is 0 Å². The van der Waals surface area contributed by atoms with E-state index in [0.717, 1.165) is 28.0 Å². The predicted octanol–water partition coefficient (Wildman–Crippen LogP) is 3.27. The van der Waals surface area contributed by atoms with E-state index in [-0.39, 0.29) is 53.5 Å². The molecule has 40 heavy (non-hydrogen) atoms. The summed E-state index contributed by atoms with van der Waals surface area (Å²) < 4.78 is 0. The molecule has 0 bridgehead atoms. The van der Waals surface area contributed by atoms with Crippen molar-refractivity contribution >= 4 is 23.4 Å². The van der Waals surface area contributed by atoms with Crippen molar-refractivity contribution in [2.75, 3.05) is 13.1 Å². The largest absolute Gasteiger partial charge is 0.327 e. The van der Waals surface area contributed by atoms with Crippen LogP contribution in [0.5, 0.6) is 0 Å². The van der Waals surface area contributed by atoms with Crippen LogP contribution in [0.25, 0.3) is 0 Å². The number of likely N-dealkylation sites (tertiary alicyclic amines) is 2. The van der Waals surface area contributed by atoms with Crippen LogP contribution in [0, 0.1) is 17.8 Å². The average molecular weight is 532 g/mol. The van der Waals surface area contributed by atoms with Crippen LogP contribution in [-0.2, 0) is 20.4 Å². The zero-order valence-electron chi connectivity index (χ0n) is 22.2. The van der Waals surface area contributed by atoms with Gasteiger partial charge in [-0.25, -0.2) is 0 Å². The summed E-state index contributed by atoms with van der Waals surface area (Å²) in [6.07, 6.45) is 3.21. The molecule has 7 nitrogen and oxygen atoms in total. The number of fused-ring (bicyclic) bond motifs is 2. The van der Waals surface area contributed by atoms with Crippen molar-refractivity contribution in [2.24, 2.45) is 23.5 Å². The van der Waals surface area contributed by atoms with Crippen molar-refractivity contribution in [3.05, 3.63) is 106 Å². The molecule has 6 unspecified atom stereocenters. The minimum Gasteiger partial charge on any atom is -0.327 e. The molecule has 2 N–H and O–H groups in total. The second-order valence-electron chi connectivity index (χ2n) is 12.2. The highest BCUT2D eigenvalue weighted by molar-refractivity contribution is 6.10. The normalized spacial score (nSPS) is 32.6. The second kappa shape index (κ2) is 7.55. The average Bonchev–Trinajstić information content (AvgIpc) is 3.53. The molecule has 0 aromatic heterocycles. The molecule has 4 aliphatic carbocycles. The zero-order valence-corrected chi connectivity index (χ0v) is 22.2. The lowest BCUT2D eigenvalue weighted by molar-refractivity contribution is -0.131. The van der Waals surface area contributed by atoms with Gasteiger partial charge in [0.15, 0.2) is 11.6 Å². The maximum absolute atomic E-state index is 13.5. The van der Waals surface area contributed by atoms with Crippen LogP contribution in [0.15, 0.2) is 84.2 Å². The van der Waals surface area contributed by atoms with Gasteiger partial charge in [-0.15, -0.1) is 0 Å². The van der Waals surface area contributed by atoms with Crippen LogP contribution in [0.2, 0.25) is 0 Å². The minimum atomic E-state index is -0.680. The van der Waals surface area contributed by atoms with Gasteiger partial charge in [-0.3, -0.25) is 19.2 Å². The topological polar surface area (TPSA) is 101 Å². The third kappa shape index (κ3) is 2.64. The summed E-state index contributed by atoms with van der Waals surface area (Å²) in [5, 5.41) is 0. The molecule has 6 atom stereocenters. The lowest BCUT2D eigenvalue weighted by atomic mass is 9.80. The molecule has 6 aliphatic rings. The van der Waals surface area contributed by atoms with Gasteiger partial charge in [0.05, 0.1) is 5.41 Å². The fraction of sp³-hybridized carbons (Fsp3) is 0.333. The number of ketones is 2. The summed E-state index contributed by atoms with van der Waals surface area (Å²) in [6, 6.07) is 14.6. The van der Waals surface area contributed by atoms with Crippen molar-refractivity contribution in [2.45, 2.75) is 36.6 Å². The van der Waals surface area contributed by atoms with E-state index in [2.05, 4.69) is 13.5 Å². The van der Waals surface area contributed by atoms with E-state index in [4.69, 9.17) is 5.73 Å². The SMILES string of the molecule is C=C1C2CN(C(=O)CC(N)CC(=O)N3CC4C(C)C45C3=CC(=O)c3ccccc35)C3=CC(=O)c4ccccc4C132. The quantitative estimate of drug-likeness (QED) is 0.611. The number of nitrogens with two attached hydrogens (primary N) is 1. The van der Waals surface area contributed by atoms with E-state index in [1.807, 2.05) is 48.5 Å². The van der Waals surface area contributed by atoms with Gasteiger partial charge in [0.1, 0.15) is 0 Å². The number of hydrogen-bond acceptors (Lipinski definition) is 5. The van der Waals surface area contributed by atoms with Crippen molar-refractivity contribution in [1.82, 2.24) is 9.80 Å². The van der Waals surface area contributed by atoms with Crippen molar-refractivity contribution < 1.29 is 19.2 Å². The third-order valence-electron chi connectivity index (χ3n) is 10.6. The Bertz CT molecular complexity index is 1690. The van der Waals surface area contributed by atoms with Gasteiger partial charge in [0.25, 0.3) is 0 Å². The zero-order chi connectivity index (χ0) is 27.7. The Kier molecular flexibility index (Phi) is 4.48. The maximum atomic E-state index is 13.5. The van der Waals surface area contributed by atoms with Gasteiger partial charge in [-0.1, -0.05) is 67.6 Å². The summed E-state index contributed by atoms with van der Waals surface area (Å²) in [7, 11) is 0. The van der Waals surface area contributed by atoms with Crippen molar-refractivity contribution in [1.29, 1.82) is 0 Å². The molecule has 0 radical (unpaired) electrons. The smallest absolute Gasteiger partial charge is 0.228 e. The Balaban J connectivity index is 0.995. The van der Waals surface area contributed by atoms with Crippen LogP contribution in [0.4, 0.5) is 0 Å². The van der Waals surface area contributed by atoms with Gasteiger partial charge in [0, 0.05) is 78.0 Å².